The van der Waals surface area contributed by atoms with Crippen LogP contribution in [0.25, 0.3) is 0 Å². The smallest absolute Gasteiger partial charge is 0.329 e. The van der Waals surface area contributed by atoms with E-state index in [-0.39, 0.29) is 0 Å². The van der Waals surface area contributed by atoms with Crippen LogP contribution < -0.4 is 20.2 Å². The fraction of sp³-hybridized carbons (Fsp3) is 0.133. The van der Waals surface area contributed by atoms with Gasteiger partial charge in [-0.15, -0.1) is 11.3 Å². The molecule has 23 heavy (non-hydrogen) atoms. The van der Waals surface area contributed by atoms with E-state index in [1.807, 2.05) is 17.5 Å². The summed E-state index contributed by atoms with van der Waals surface area (Å²) >= 11 is 1.46. The second kappa shape index (κ2) is 7.95. The minimum absolute atomic E-state index is 0.357. The van der Waals surface area contributed by atoms with Crippen LogP contribution in [0.2, 0.25) is 0 Å². The van der Waals surface area contributed by atoms with Crippen molar-refractivity contribution in [3.8, 4) is 11.5 Å². The van der Waals surface area contributed by atoms with Crippen molar-refractivity contribution in [1.29, 1.82) is 0 Å². The molecule has 1 aromatic carbocycles. The molecule has 1 heterocycles. The van der Waals surface area contributed by atoms with Crippen molar-refractivity contribution in [2.24, 2.45) is 5.10 Å². The Balaban J connectivity index is 1.97. The van der Waals surface area contributed by atoms with Crippen LogP contribution in [0.4, 0.5) is 5.69 Å². The quantitative estimate of drug-likeness (QED) is 0.496. The average molecular weight is 333 g/mol. The fourth-order valence-corrected chi connectivity index (χ4v) is 2.24. The number of carbonyl (C=O) groups is 2. The number of nitrogens with one attached hydrogen (secondary N) is 2. The molecule has 0 atom stereocenters. The first-order valence-corrected chi connectivity index (χ1v) is 7.42. The third kappa shape index (κ3) is 4.55. The summed E-state index contributed by atoms with van der Waals surface area (Å²) in [5.41, 5.74) is 2.52. The highest BCUT2D eigenvalue weighted by Crippen LogP contribution is 2.28. The van der Waals surface area contributed by atoms with Crippen molar-refractivity contribution in [3.05, 3.63) is 40.6 Å². The molecule has 0 unspecified atom stereocenters. The van der Waals surface area contributed by atoms with Gasteiger partial charge in [-0.05, 0) is 23.6 Å². The third-order valence-corrected chi connectivity index (χ3v) is 3.57. The van der Waals surface area contributed by atoms with Crippen molar-refractivity contribution in [2.75, 3.05) is 19.5 Å². The van der Waals surface area contributed by atoms with Gasteiger partial charge in [0.1, 0.15) is 11.5 Å². The van der Waals surface area contributed by atoms with E-state index in [9.17, 15) is 9.59 Å². The number of hydrazone groups is 1. The van der Waals surface area contributed by atoms with Gasteiger partial charge in [0.15, 0.2) is 0 Å². The summed E-state index contributed by atoms with van der Waals surface area (Å²) < 4.78 is 10.2. The monoisotopic (exact) mass is 333 g/mol. The minimum atomic E-state index is -0.879. The van der Waals surface area contributed by atoms with E-state index in [4.69, 9.17) is 9.47 Å². The lowest BCUT2D eigenvalue weighted by molar-refractivity contribution is -0.136. The first kappa shape index (κ1) is 16.5. The Morgan fingerprint density at radius 1 is 1.17 bits per heavy atom. The highest BCUT2D eigenvalue weighted by atomic mass is 32.1. The summed E-state index contributed by atoms with van der Waals surface area (Å²) in [6, 6.07) is 8.52. The Morgan fingerprint density at radius 2 is 2.00 bits per heavy atom. The van der Waals surface area contributed by atoms with E-state index < -0.39 is 11.8 Å². The average Bonchev–Trinajstić information content (AvgIpc) is 3.08. The van der Waals surface area contributed by atoms with Crippen LogP contribution in [-0.4, -0.2) is 32.2 Å². The molecule has 8 heteroatoms. The molecule has 0 spiro atoms. The molecule has 1 aromatic heterocycles. The predicted octanol–water partition coefficient (Wildman–Crippen LogP) is 1.85. The van der Waals surface area contributed by atoms with Crippen LogP contribution in [0.1, 0.15) is 4.88 Å². The van der Waals surface area contributed by atoms with Gasteiger partial charge in [0.2, 0.25) is 0 Å². The van der Waals surface area contributed by atoms with Crippen molar-refractivity contribution < 1.29 is 19.1 Å². The molecule has 0 aliphatic rings. The first-order valence-electron chi connectivity index (χ1n) is 6.54. The first-order chi connectivity index (χ1) is 11.1. The molecular formula is C15H15N3O4S. The van der Waals surface area contributed by atoms with Crippen LogP contribution in [-0.2, 0) is 9.59 Å². The lowest BCUT2D eigenvalue weighted by atomic mass is 10.2. The van der Waals surface area contributed by atoms with E-state index in [0.29, 0.717) is 17.2 Å². The molecule has 120 valence electrons. The molecule has 2 N–H and O–H groups in total. The summed E-state index contributed by atoms with van der Waals surface area (Å²) in [5, 5.41) is 8.05. The van der Waals surface area contributed by atoms with E-state index in [1.165, 1.54) is 31.8 Å². The van der Waals surface area contributed by atoms with Gasteiger partial charge in [0.05, 0.1) is 26.1 Å². The third-order valence-electron chi connectivity index (χ3n) is 2.76. The van der Waals surface area contributed by atoms with Gasteiger partial charge in [-0.2, -0.15) is 5.10 Å². The van der Waals surface area contributed by atoms with Crippen molar-refractivity contribution in [1.82, 2.24) is 5.43 Å². The van der Waals surface area contributed by atoms with E-state index in [2.05, 4.69) is 15.8 Å². The Labute approximate surface area is 136 Å². The number of methoxy groups -OCH3 is 2. The standard InChI is InChI=1S/C15H15N3O4S/c1-21-10-5-6-12(13(8-10)22-2)17-14(19)15(20)18-16-9-11-4-3-7-23-11/h3-9H,1-2H3,(H,17,19)(H,18,20)/b16-9+. The van der Waals surface area contributed by atoms with E-state index in [1.54, 1.807) is 18.2 Å². The summed E-state index contributed by atoms with van der Waals surface area (Å²) in [6.45, 7) is 0. The number of hydrogen-bond acceptors (Lipinski definition) is 6. The molecule has 0 aliphatic heterocycles. The van der Waals surface area contributed by atoms with Crippen LogP contribution >= 0.6 is 11.3 Å². The van der Waals surface area contributed by atoms with Crippen molar-refractivity contribution in [3.63, 3.8) is 0 Å². The van der Waals surface area contributed by atoms with Crippen LogP contribution in [0, 0.1) is 0 Å². The number of anilines is 1. The number of carbonyl (C=O) groups excluding carboxylic acids is 2. The maximum atomic E-state index is 11.8. The van der Waals surface area contributed by atoms with Crippen LogP contribution in [0.5, 0.6) is 11.5 Å². The summed E-state index contributed by atoms with van der Waals surface area (Å²) in [5.74, 6) is -0.773. The second-order valence-corrected chi connectivity index (χ2v) is 5.21. The topological polar surface area (TPSA) is 89.0 Å². The summed E-state index contributed by atoms with van der Waals surface area (Å²) in [6.07, 6.45) is 1.46. The van der Waals surface area contributed by atoms with E-state index in [0.717, 1.165) is 4.88 Å². The molecule has 0 radical (unpaired) electrons. The van der Waals surface area contributed by atoms with E-state index >= 15 is 0 Å². The molecule has 0 saturated heterocycles. The lowest BCUT2D eigenvalue weighted by Crippen LogP contribution is -2.32. The summed E-state index contributed by atoms with van der Waals surface area (Å²) in [4.78, 5) is 24.4. The molecule has 0 bridgehead atoms. The molecule has 2 aromatic rings. The zero-order valence-corrected chi connectivity index (χ0v) is 13.3. The summed E-state index contributed by atoms with van der Waals surface area (Å²) in [7, 11) is 2.97. The van der Waals surface area contributed by atoms with Crippen LogP contribution in [0.3, 0.4) is 0 Å². The predicted molar refractivity (Wildman–Crippen MR) is 88.2 cm³/mol. The number of amides is 2. The molecule has 0 saturated carbocycles. The number of thiophene rings is 1. The maximum absolute atomic E-state index is 11.8. The van der Waals surface area contributed by atoms with Gasteiger partial charge in [0.25, 0.3) is 0 Å². The highest BCUT2D eigenvalue weighted by Gasteiger charge is 2.15. The number of rotatable bonds is 5. The van der Waals surface area contributed by atoms with Gasteiger partial charge in [-0.25, -0.2) is 5.43 Å². The molecule has 7 nitrogen and oxygen atoms in total. The number of hydrogen-bond donors (Lipinski definition) is 2. The SMILES string of the molecule is COc1ccc(NC(=O)C(=O)N/N=C/c2cccs2)c(OC)c1. The minimum Gasteiger partial charge on any atom is -0.497 e. The van der Waals surface area contributed by atoms with Crippen molar-refractivity contribution in [2.45, 2.75) is 0 Å². The Kier molecular flexibility index (Phi) is 5.70. The molecule has 2 rings (SSSR count). The molecular weight excluding hydrogens is 318 g/mol. The number of ether oxygens (including phenoxy) is 2. The highest BCUT2D eigenvalue weighted by molar-refractivity contribution is 7.11. The Hall–Kier alpha value is -2.87. The van der Waals surface area contributed by atoms with Crippen molar-refractivity contribution >= 4 is 35.1 Å². The number of nitrogens with zero attached hydrogens (tertiary/aromatic N) is 1. The molecule has 2 amide bonds. The van der Waals surface area contributed by atoms with Gasteiger partial charge < -0.3 is 14.8 Å². The maximum Gasteiger partial charge on any atom is 0.329 e. The van der Waals surface area contributed by atoms with Gasteiger partial charge in [0, 0.05) is 10.9 Å². The van der Waals surface area contributed by atoms with Gasteiger partial charge in [-0.3, -0.25) is 9.59 Å². The fourth-order valence-electron chi connectivity index (χ4n) is 1.65. The number of benzene rings is 1. The Morgan fingerprint density at radius 3 is 2.65 bits per heavy atom. The molecule has 0 aliphatic carbocycles. The second-order valence-electron chi connectivity index (χ2n) is 4.23. The largest absolute Gasteiger partial charge is 0.497 e. The van der Waals surface area contributed by atoms with Gasteiger partial charge >= 0.3 is 11.8 Å². The zero-order valence-electron chi connectivity index (χ0n) is 12.5. The Bertz CT molecular complexity index is 714. The van der Waals surface area contributed by atoms with Crippen LogP contribution in [0.15, 0.2) is 40.8 Å². The zero-order chi connectivity index (χ0) is 16.7. The van der Waals surface area contributed by atoms with Gasteiger partial charge in [-0.1, -0.05) is 6.07 Å². The molecule has 0 fully saturated rings. The lowest BCUT2D eigenvalue weighted by Gasteiger charge is -2.10. The normalized spacial score (nSPS) is 10.3.